The highest BCUT2D eigenvalue weighted by molar-refractivity contribution is 5.82. The van der Waals surface area contributed by atoms with Gasteiger partial charge in [0, 0.05) is 32.0 Å². The molecule has 2 saturated heterocycles. The van der Waals surface area contributed by atoms with E-state index in [-0.39, 0.29) is 49.2 Å². The molecule has 2 aliphatic rings. The molecule has 0 N–H and O–H groups in total. The van der Waals surface area contributed by atoms with Crippen LogP contribution in [0.4, 0.5) is 0 Å². The number of nitrogens with zero attached hydrogens (tertiary/aromatic N) is 4. The van der Waals surface area contributed by atoms with E-state index in [1.807, 2.05) is 54.5 Å². The van der Waals surface area contributed by atoms with Crippen molar-refractivity contribution in [1.82, 2.24) is 19.7 Å². The first-order chi connectivity index (χ1) is 14.3. The average Bonchev–Trinajstić information content (AvgIpc) is 2.72. The fourth-order valence-electron chi connectivity index (χ4n) is 3.98. The minimum atomic E-state index is 0.0224. The summed E-state index contributed by atoms with van der Waals surface area (Å²) in [6.07, 6.45) is 3.54. The van der Waals surface area contributed by atoms with Crippen LogP contribution in [0.15, 0.2) is 24.5 Å². The molecule has 1 aromatic heterocycles. The molecule has 0 spiro atoms. The summed E-state index contributed by atoms with van der Waals surface area (Å²) in [5, 5.41) is 0. The Kier molecular flexibility index (Phi) is 7.80. The number of pyridine rings is 1. The van der Waals surface area contributed by atoms with Crippen molar-refractivity contribution in [1.29, 1.82) is 0 Å². The Morgan fingerprint density at radius 1 is 1.00 bits per heavy atom. The number of rotatable bonds is 6. The van der Waals surface area contributed by atoms with Crippen molar-refractivity contribution < 1.29 is 19.1 Å². The summed E-state index contributed by atoms with van der Waals surface area (Å²) >= 11 is 0. The third-order valence-electron chi connectivity index (χ3n) is 5.70. The van der Waals surface area contributed by atoms with Gasteiger partial charge in [-0.15, -0.1) is 0 Å². The van der Waals surface area contributed by atoms with Gasteiger partial charge in [0.2, 0.25) is 11.8 Å². The van der Waals surface area contributed by atoms with Crippen LogP contribution in [0.5, 0.6) is 0 Å². The van der Waals surface area contributed by atoms with Gasteiger partial charge in [0.25, 0.3) is 0 Å². The quantitative estimate of drug-likeness (QED) is 0.690. The minimum Gasteiger partial charge on any atom is -0.375 e. The van der Waals surface area contributed by atoms with Crippen molar-refractivity contribution in [3.05, 3.63) is 30.1 Å². The van der Waals surface area contributed by atoms with Gasteiger partial charge in [0.05, 0.1) is 50.6 Å². The summed E-state index contributed by atoms with van der Waals surface area (Å²) in [5.74, 6) is 0.0514. The number of morpholine rings is 2. The van der Waals surface area contributed by atoms with Crippen LogP contribution in [0.25, 0.3) is 0 Å². The average molecular weight is 419 g/mol. The largest absolute Gasteiger partial charge is 0.375 e. The van der Waals surface area contributed by atoms with Gasteiger partial charge in [-0.3, -0.25) is 19.5 Å². The van der Waals surface area contributed by atoms with Crippen molar-refractivity contribution in [2.24, 2.45) is 0 Å². The lowest BCUT2D eigenvalue weighted by Gasteiger charge is -2.39. The predicted octanol–water partition coefficient (Wildman–Crippen LogP) is 1.16. The van der Waals surface area contributed by atoms with Gasteiger partial charge < -0.3 is 19.3 Å². The summed E-state index contributed by atoms with van der Waals surface area (Å²) in [4.78, 5) is 36.0. The van der Waals surface area contributed by atoms with Crippen LogP contribution < -0.4 is 0 Å². The third-order valence-corrected chi connectivity index (χ3v) is 5.70. The first-order valence-electron chi connectivity index (χ1n) is 10.8. The molecule has 0 aromatic carbocycles. The number of hydrogen-bond acceptors (Lipinski definition) is 6. The first kappa shape index (κ1) is 22.7. The van der Waals surface area contributed by atoms with Crippen LogP contribution in [-0.4, -0.2) is 95.2 Å². The topological polar surface area (TPSA) is 75.2 Å². The molecule has 8 heteroatoms. The lowest BCUT2D eigenvalue weighted by Crippen LogP contribution is -2.55. The molecule has 2 fully saturated rings. The molecule has 3 heterocycles. The molecule has 30 heavy (non-hydrogen) atoms. The zero-order valence-electron chi connectivity index (χ0n) is 18.5. The van der Waals surface area contributed by atoms with Crippen molar-refractivity contribution in [2.45, 2.75) is 58.5 Å². The fourth-order valence-corrected chi connectivity index (χ4v) is 3.98. The van der Waals surface area contributed by atoms with E-state index in [0.29, 0.717) is 32.8 Å². The van der Waals surface area contributed by atoms with Gasteiger partial charge >= 0.3 is 0 Å². The van der Waals surface area contributed by atoms with Crippen molar-refractivity contribution >= 4 is 11.8 Å². The van der Waals surface area contributed by atoms with Gasteiger partial charge in [-0.1, -0.05) is 6.07 Å². The van der Waals surface area contributed by atoms with Gasteiger partial charge in [0.1, 0.15) is 0 Å². The molecule has 0 bridgehead atoms. The maximum atomic E-state index is 13.1. The second-order valence-corrected chi connectivity index (χ2v) is 8.58. The van der Waals surface area contributed by atoms with Crippen LogP contribution in [0.3, 0.4) is 0 Å². The molecule has 0 unspecified atom stereocenters. The summed E-state index contributed by atoms with van der Waals surface area (Å²) in [6, 6.07) is 3.90. The monoisotopic (exact) mass is 418 g/mol. The minimum absolute atomic E-state index is 0.0224. The molecule has 1 aromatic rings. The summed E-state index contributed by atoms with van der Waals surface area (Å²) in [6.45, 7) is 11.0. The molecule has 0 radical (unpaired) electrons. The number of carbonyl (C=O) groups is 2. The van der Waals surface area contributed by atoms with Crippen LogP contribution in [-0.2, 0) is 25.6 Å². The molecule has 4 atom stereocenters. The van der Waals surface area contributed by atoms with E-state index in [4.69, 9.17) is 9.47 Å². The maximum absolute atomic E-state index is 13.1. The number of hydrogen-bond donors (Lipinski definition) is 0. The zero-order chi connectivity index (χ0) is 21.7. The second kappa shape index (κ2) is 10.3. The molecule has 3 rings (SSSR count). The van der Waals surface area contributed by atoms with E-state index in [0.717, 1.165) is 5.56 Å². The normalized spacial score (nSPS) is 27.4. The molecule has 8 nitrogen and oxygen atoms in total. The predicted molar refractivity (Wildman–Crippen MR) is 113 cm³/mol. The third kappa shape index (κ3) is 6.00. The van der Waals surface area contributed by atoms with Gasteiger partial charge in [-0.2, -0.15) is 0 Å². The summed E-state index contributed by atoms with van der Waals surface area (Å²) in [7, 11) is 0. The number of ether oxygens (including phenoxy) is 2. The molecular weight excluding hydrogens is 384 g/mol. The lowest BCUT2D eigenvalue weighted by molar-refractivity contribution is -0.148. The van der Waals surface area contributed by atoms with Crippen LogP contribution >= 0.6 is 0 Å². The SMILES string of the molecule is C[C@@H]1CN(C(=O)CN(CC(=O)N2C[C@H](C)OC[C@H]2C)Cc2cccnc2)[C@H](C)CO1. The van der Waals surface area contributed by atoms with Crippen LogP contribution in [0.2, 0.25) is 0 Å². The molecule has 2 amide bonds. The van der Waals surface area contributed by atoms with Crippen LogP contribution in [0, 0.1) is 0 Å². The van der Waals surface area contributed by atoms with E-state index in [1.54, 1.807) is 12.4 Å². The van der Waals surface area contributed by atoms with Crippen molar-refractivity contribution in [3.63, 3.8) is 0 Å². The molecule has 0 aliphatic carbocycles. The Hall–Kier alpha value is -2.03. The smallest absolute Gasteiger partial charge is 0.237 e. The maximum Gasteiger partial charge on any atom is 0.237 e. The number of carbonyl (C=O) groups excluding carboxylic acids is 2. The van der Waals surface area contributed by atoms with E-state index < -0.39 is 0 Å². The number of aromatic nitrogens is 1. The van der Waals surface area contributed by atoms with Crippen LogP contribution in [0.1, 0.15) is 33.3 Å². The molecular formula is C22H34N4O4. The summed E-state index contributed by atoms with van der Waals surface area (Å²) < 4.78 is 11.3. The van der Waals surface area contributed by atoms with Gasteiger partial charge in [-0.05, 0) is 39.3 Å². The lowest BCUT2D eigenvalue weighted by atomic mass is 10.2. The van der Waals surface area contributed by atoms with E-state index in [1.165, 1.54) is 0 Å². The fraction of sp³-hybridized carbons (Fsp3) is 0.682. The van der Waals surface area contributed by atoms with Gasteiger partial charge in [0.15, 0.2) is 0 Å². The van der Waals surface area contributed by atoms with Crippen molar-refractivity contribution in [3.8, 4) is 0 Å². The van der Waals surface area contributed by atoms with E-state index in [9.17, 15) is 9.59 Å². The highest BCUT2D eigenvalue weighted by atomic mass is 16.5. The van der Waals surface area contributed by atoms with E-state index in [2.05, 4.69) is 4.98 Å². The Morgan fingerprint density at radius 2 is 1.53 bits per heavy atom. The van der Waals surface area contributed by atoms with Crippen molar-refractivity contribution in [2.75, 3.05) is 39.4 Å². The highest BCUT2D eigenvalue weighted by Crippen LogP contribution is 2.15. The highest BCUT2D eigenvalue weighted by Gasteiger charge is 2.31. The second-order valence-electron chi connectivity index (χ2n) is 8.58. The Labute approximate surface area is 179 Å². The number of amides is 2. The summed E-state index contributed by atoms with van der Waals surface area (Å²) in [5.41, 5.74) is 0.977. The zero-order valence-corrected chi connectivity index (χ0v) is 18.5. The Bertz CT molecular complexity index is 676. The standard InChI is InChI=1S/C22H34N4O4/c1-16-14-29-18(3)9-25(16)21(27)12-24(11-20-6-5-7-23-8-20)13-22(28)26-10-19(4)30-15-17(26)2/h5-8,16-19H,9-15H2,1-4H3/t16-,17-,18-,19+/m1/s1. The van der Waals surface area contributed by atoms with E-state index >= 15 is 0 Å². The van der Waals surface area contributed by atoms with Gasteiger partial charge in [-0.25, -0.2) is 0 Å². The molecule has 0 saturated carbocycles. The Balaban J connectivity index is 1.69. The molecule has 166 valence electrons. The Morgan fingerprint density at radius 3 is 2.00 bits per heavy atom. The first-order valence-corrected chi connectivity index (χ1v) is 10.8. The molecule has 2 aliphatic heterocycles.